The van der Waals surface area contributed by atoms with Crippen LogP contribution in [0, 0.1) is 0 Å². The van der Waals surface area contributed by atoms with Gasteiger partial charge in [-0.2, -0.15) is 4.98 Å². The van der Waals surface area contributed by atoms with E-state index in [0.29, 0.717) is 24.6 Å². The molecule has 0 spiro atoms. The summed E-state index contributed by atoms with van der Waals surface area (Å²) >= 11 is 1.51. The second kappa shape index (κ2) is 5.42. The van der Waals surface area contributed by atoms with Crippen LogP contribution < -0.4 is 0 Å². The SMILES string of the molecule is CC(C)(C)c1noc(Cc2csc(C3CCS(=O)(=O)C3)n2)n1. The van der Waals surface area contributed by atoms with E-state index in [9.17, 15) is 8.42 Å². The van der Waals surface area contributed by atoms with Gasteiger partial charge in [-0.25, -0.2) is 13.4 Å². The largest absolute Gasteiger partial charge is 0.339 e. The smallest absolute Gasteiger partial charge is 0.232 e. The summed E-state index contributed by atoms with van der Waals surface area (Å²) in [7, 11) is -2.88. The van der Waals surface area contributed by atoms with Crippen molar-refractivity contribution < 1.29 is 12.9 Å². The van der Waals surface area contributed by atoms with E-state index in [1.54, 1.807) is 0 Å². The maximum atomic E-state index is 11.6. The Morgan fingerprint density at radius 2 is 2.14 bits per heavy atom. The fourth-order valence-corrected chi connectivity index (χ4v) is 5.18. The van der Waals surface area contributed by atoms with E-state index in [-0.39, 0.29) is 22.8 Å². The number of nitrogens with zero attached hydrogens (tertiary/aromatic N) is 3. The molecular formula is C14H19N3O3S2. The van der Waals surface area contributed by atoms with Crippen LogP contribution in [0.15, 0.2) is 9.90 Å². The lowest BCUT2D eigenvalue weighted by Crippen LogP contribution is -2.13. The molecule has 1 aliphatic rings. The Kier molecular flexibility index (Phi) is 3.84. The summed E-state index contributed by atoms with van der Waals surface area (Å²) in [4.78, 5) is 8.95. The van der Waals surface area contributed by atoms with E-state index in [4.69, 9.17) is 4.52 Å². The molecule has 1 unspecified atom stereocenters. The van der Waals surface area contributed by atoms with Gasteiger partial charge in [0.25, 0.3) is 0 Å². The standard InChI is InChI=1S/C14H19N3O3S2/c1-14(2,3)13-16-11(20-17-13)6-10-7-21-12(15-10)9-4-5-22(18,19)8-9/h7,9H,4-6,8H2,1-3H3. The van der Waals surface area contributed by atoms with E-state index in [1.165, 1.54) is 11.3 Å². The van der Waals surface area contributed by atoms with Crippen LogP contribution in [0.5, 0.6) is 0 Å². The highest BCUT2D eigenvalue weighted by Crippen LogP contribution is 2.31. The van der Waals surface area contributed by atoms with Gasteiger partial charge >= 0.3 is 0 Å². The first-order chi connectivity index (χ1) is 10.2. The lowest BCUT2D eigenvalue weighted by Gasteiger charge is -2.10. The third-order valence-electron chi connectivity index (χ3n) is 3.62. The van der Waals surface area contributed by atoms with Gasteiger partial charge in [-0.15, -0.1) is 11.3 Å². The number of hydrogen-bond donors (Lipinski definition) is 0. The highest BCUT2D eigenvalue weighted by molar-refractivity contribution is 7.91. The van der Waals surface area contributed by atoms with Gasteiger partial charge in [-0.3, -0.25) is 0 Å². The molecule has 120 valence electrons. The van der Waals surface area contributed by atoms with Crippen LogP contribution >= 0.6 is 11.3 Å². The normalized spacial score (nSPS) is 21.3. The highest BCUT2D eigenvalue weighted by atomic mass is 32.2. The van der Waals surface area contributed by atoms with Crippen molar-refractivity contribution >= 4 is 21.2 Å². The first-order valence-electron chi connectivity index (χ1n) is 7.21. The first kappa shape index (κ1) is 15.6. The summed E-state index contributed by atoms with van der Waals surface area (Å²) in [5.41, 5.74) is 0.709. The fourth-order valence-electron chi connectivity index (χ4n) is 2.37. The summed E-state index contributed by atoms with van der Waals surface area (Å²) < 4.78 is 28.4. The molecule has 3 heterocycles. The lowest BCUT2D eigenvalue weighted by molar-refractivity contribution is 0.367. The maximum absolute atomic E-state index is 11.6. The molecule has 3 rings (SSSR count). The van der Waals surface area contributed by atoms with Crippen LogP contribution in [0.3, 0.4) is 0 Å². The van der Waals surface area contributed by atoms with Crippen LogP contribution in [-0.2, 0) is 21.7 Å². The quantitative estimate of drug-likeness (QED) is 0.851. The molecule has 2 aromatic rings. The zero-order valence-electron chi connectivity index (χ0n) is 12.9. The van der Waals surface area contributed by atoms with Crippen molar-refractivity contribution in [1.82, 2.24) is 15.1 Å². The molecule has 0 aromatic carbocycles. The Bertz CT molecular complexity index is 771. The van der Waals surface area contributed by atoms with Crippen molar-refractivity contribution in [1.29, 1.82) is 0 Å². The van der Waals surface area contributed by atoms with Crippen molar-refractivity contribution in [2.75, 3.05) is 11.5 Å². The molecular weight excluding hydrogens is 322 g/mol. The third kappa shape index (κ3) is 3.38. The molecule has 0 radical (unpaired) electrons. The molecule has 0 N–H and O–H groups in total. The summed E-state index contributed by atoms with van der Waals surface area (Å²) in [6, 6.07) is 0. The van der Waals surface area contributed by atoms with Crippen LogP contribution in [0.2, 0.25) is 0 Å². The average molecular weight is 341 g/mol. The summed E-state index contributed by atoms with van der Waals surface area (Å²) in [5, 5.41) is 6.84. The Morgan fingerprint density at radius 3 is 2.73 bits per heavy atom. The molecule has 1 saturated heterocycles. The van der Waals surface area contributed by atoms with Gasteiger partial charge in [-0.1, -0.05) is 25.9 Å². The van der Waals surface area contributed by atoms with Crippen molar-refractivity contribution in [2.45, 2.75) is 44.9 Å². The molecule has 1 aliphatic heterocycles. The van der Waals surface area contributed by atoms with E-state index in [1.807, 2.05) is 26.2 Å². The summed E-state index contributed by atoms with van der Waals surface area (Å²) in [5.74, 6) is 1.75. The molecule has 0 bridgehead atoms. The van der Waals surface area contributed by atoms with Gasteiger partial charge < -0.3 is 4.52 Å². The lowest BCUT2D eigenvalue weighted by atomic mass is 9.96. The molecule has 8 heteroatoms. The van der Waals surface area contributed by atoms with Crippen molar-refractivity contribution in [3.8, 4) is 0 Å². The maximum Gasteiger partial charge on any atom is 0.232 e. The Hall–Kier alpha value is -1.28. The average Bonchev–Trinajstić information content (AvgIpc) is 3.08. The van der Waals surface area contributed by atoms with E-state index in [0.717, 1.165) is 10.7 Å². The molecule has 6 nitrogen and oxygen atoms in total. The van der Waals surface area contributed by atoms with Gasteiger partial charge in [0.15, 0.2) is 15.7 Å². The predicted octanol–water partition coefficient (Wildman–Crippen LogP) is 2.32. The minimum absolute atomic E-state index is 0.0385. The molecule has 0 aliphatic carbocycles. The van der Waals surface area contributed by atoms with E-state index < -0.39 is 9.84 Å². The second-order valence-corrected chi connectivity index (χ2v) is 9.83. The molecule has 2 aromatic heterocycles. The number of aromatic nitrogens is 3. The molecule has 0 saturated carbocycles. The number of thiazole rings is 1. The van der Waals surface area contributed by atoms with Gasteiger partial charge in [-0.05, 0) is 6.42 Å². The Labute approximate surface area is 133 Å². The molecule has 1 fully saturated rings. The van der Waals surface area contributed by atoms with Crippen molar-refractivity contribution in [3.05, 3.63) is 27.8 Å². The minimum Gasteiger partial charge on any atom is -0.339 e. The highest BCUT2D eigenvalue weighted by Gasteiger charge is 2.31. The van der Waals surface area contributed by atoms with Gasteiger partial charge in [0.2, 0.25) is 5.89 Å². The van der Waals surface area contributed by atoms with Gasteiger partial charge in [0.1, 0.15) is 0 Å². The predicted molar refractivity (Wildman–Crippen MR) is 83.9 cm³/mol. The van der Waals surface area contributed by atoms with Crippen LogP contribution in [0.1, 0.15) is 55.5 Å². The van der Waals surface area contributed by atoms with E-state index >= 15 is 0 Å². The van der Waals surface area contributed by atoms with E-state index in [2.05, 4.69) is 15.1 Å². The monoisotopic (exact) mass is 341 g/mol. The van der Waals surface area contributed by atoms with Crippen LogP contribution in [0.4, 0.5) is 0 Å². The van der Waals surface area contributed by atoms with Crippen LogP contribution in [0.25, 0.3) is 0 Å². The third-order valence-corrected chi connectivity index (χ3v) is 6.45. The molecule has 22 heavy (non-hydrogen) atoms. The fraction of sp³-hybridized carbons (Fsp3) is 0.643. The topological polar surface area (TPSA) is 86.0 Å². The van der Waals surface area contributed by atoms with Crippen LogP contribution in [-0.4, -0.2) is 35.0 Å². The minimum atomic E-state index is -2.88. The zero-order valence-corrected chi connectivity index (χ0v) is 14.5. The van der Waals surface area contributed by atoms with Gasteiger partial charge in [0, 0.05) is 16.7 Å². The Balaban J connectivity index is 1.71. The first-order valence-corrected chi connectivity index (χ1v) is 9.91. The van der Waals surface area contributed by atoms with Gasteiger partial charge in [0.05, 0.1) is 28.6 Å². The Morgan fingerprint density at radius 1 is 1.36 bits per heavy atom. The molecule has 1 atom stereocenters. The van der Waals surface area contributed by atoms with Crippen molar-refractivity contribution in [3.63, 3.8) is 0 Å². The molecule has 0 amide bonds. The zero-order chi connectivity index (χ0) is 16.0. The summed E-state index contributed by atoms with van der Waals surface area (Å²) in [6.45, 7) is 6.09. The number of hydrogen-bond acceptors (Lipinski definition) is 7. The van der Waals surface area contributed by atoms with Crippen molar-refractivity contribution in [2.24, 2.45) is 0 Å². The number of sulfone groups is 1. The second-order valence-electron chi connectivity index (χ2n) is 6.72. The number of rotatable bonds is 3. The summed E-state index contributed by atoms with van der Waals surface area (Å²) in [6.07, 6.45) is 1.16.